The molecule has 3 nitrogen and oxygen atoms in total. The fourth-order valence-electron chi connectivity index (χ4n) is 1.07. The highest BCUT2D eigenvalue weighted by Gasteiger charge is 2.16. The van der Waals surface area contributed by atoms with Crippen molar-refractivity contribution in [2.24, 2.45) is 0 Å². The molecule has 1 rings (SSSR count). The van der Waals surface area contributed by atoms with Gasteiger partial charge in [0, 0.05) is 16.0 Å². The van der Waals surface area contributed by atoms with E-state index in [4.69, 9.17) is 11.6 Å². The quantitative estimate of drug-likeness (QED) is 0.902. The van der Waals surface area contributed by atoms with Crippen LogP contribution in [0.1, 0.15) is 24.2 Å². The number of halogens is 2. The molecule has 0 aliphatic heterocycles. The van der Waals surface area contributed by atoms with Gasteiger partial charge < -0.3 is 10.4 Å². The summed E-state index contributed by atoms with van der Waals surface area (Å²) in [6, 6.07) is 4.93. The molecule has 0 unspecified atom stereocenters. The molecule has 0 aromatic heterocycles. The minimum absolute atomic E-state index is 0.195. The summed E-state index contributed by atoms with van der Waals surface area (Å²) in [5, 5.41) is 12.7. The molecule has 0 fully saturated rings. The van der Waals surface area contributed by atoms with Crippen LogP contribution < -0.4 is 5.32 Å². The minimum atomic E-state index is -0.922. The van der Waals surface area contributed by atoms with E-state index in [-0.39, 0.29) is 12.5 Å². The second kappa shape index (κ2) is 5.17. The van der Waals surface area contributed by atoms with Crippen molar-refractivity contribution in [2.75, 3.05) is 6.54 Å². The minimum Gasteiger partial charge on any atom is -0.389 e. The van der Waals surface area contributed by atoms with Crippen LogP contribution in [0.2, 0.25) is 5.02 Å². The molecule has 1 aromatic carbocycles. The van der Waals surface area contributed by atoms with E-state index in [9.17, 15) is 9.90 Å². The van der Waals surface area contributed by atoms with Crippen LogP contribution in [0.3, 0.4) is 0 Å². The van der Waals surface area contributed by atoms with E-state index in [1.165, 1.54) is 0 Å². The fraction of sp³-hybridized carbons (Fsp3) is 0.364. The predicted molar refractivity (Wildman–Crippen MR) is 67.8 cm³/mol. The molecule has 5 heteroatoms. The Kier molecular flexibility index (Phi) is 4.35. The third-order valence-electron chi connectivity index (χ3n) is 1.86. The Morgan fingerprint density at radius 3 is 2.69 bits per heavy atom. The first kappa shape index (κ1) is 13.5. The van der Waals surface area contributed by atoms with Crippen molar-refractivity contribution in [3.05, 3.63) is 33.3 Å². The normalized spacial score (nSPS) is 11.3. The van der Waals surface area contributed by atoms with Crippen LogP contribution in [-0.4, -0.2) is 23.2 Å². The number of carbonyl (C=O) groups is 1. The second-order valence-corrected chi connectivity index (χ2v) is 5.41. The highest BCUT2D eigenvalue weighted by atomic mass is 79.9. The smallest absolute Gasteiger partial charge is 0.252 e. The molecule has 0 radical (unpaired) electrons. The van der Waals surface area contributed by atoms with Crippen molar-refractivity contribution in [1.29, 1.82) is 0 Å². The molecule has 1 amide bonds. The first-order valence-corrected chi connectivity index (χ1v) is 5.92. The van der Waals surface area contributed by atoms with Gasteiger partial charge in [0.05, 0.1) is 11.2 Å². The summed E-state index contributed by atoms with van der Waals surface area (Å²) in [6.07, 6.45) is 0. The molecule has 0 spiro atoms. The first-order chi connectivity index (χ1) is 7.29. The van der Waals surface area contributed by atoms with Crippen molar-refractivity contribution < 1.29 is 9.90 Å². The van der Waals surface area contributed by atoms with Crippen molar-refractivity contribution in [2.45, 2.75) is 19.4 Å². The van der Waals surface area contributed by atoms with Crippen LogP contribution in [0.25, 0.3) is 0 Å². The zero-order valence-electron chi connectivity index (χ0n) is 9.05. The molecular weight excluding hydrogens is 293 g/mol. The summed E-state index contributed by atoms with van der Waals surface area (Å²) in [5.41, 5.74) is -0.428. The van der Waals surface area contributed by atoms with Gasteiger partial charge >= 0.3 is 0 Å². The predicted octanol–water partition coefficient (Wildman–Crippen LogP) is 2.60. The fourth-order valence-corrected chi connectivity index (χ4v) is 1.93. The van der Waals surface area contributed by atoms with E-state index in [0.29, 0.717) is 15.1 Å². The first-order valence-electron chi connectivity index (χ1n) is 4.75. The molecule has 0 saturated heterocycles. The summed E-state index contributed by atoms with van der Waals surface area (Å²) in [5.74, 6) is -0.245. The van der Waals surface area contributed by atoms with Crippen LogP contribution in [0.15, 0.2) is 22.7 Å². The van der Waals surface area contributed by atoms with E-state index in [2.05, 4.69) is 21.2 Å². The van der Waals surface area contributed by atoms with Gasteiger partial charge in [-0.1, -0.05) is 11.6 Å². The molecule has 16 heavy (non-hydrogen) atoms. The SMILES string of the molecule is CC(C)(O)CNC(=O)c1ccc(Cl)cc1Br. The summed E-state index contributed by atoms with van der Waals surface area (Å²) in [4.78, 5) is 11.7. The Hall–Kier alpha value is -0.580. The lowest BCUT2D eigenvalue weighted by atomic mass is 10.1. The van der Waals surface area contributed by atoms with Crippen molar-refractivity contribution in [1.82, 2.24) is 5.32 Å². The van der Waals surface area contributed by atoms with Crippen LogP contribution in [0.4, 0.5) is 0 Å². The maximum atomic E-state index is 11.7. The molecule has 0 aliphatic rings. The number of benzene rings is 1. The van der Waals surface area contributed by atoms with Crippen LogP contribution in [-0.2, 0) is 0 Å². The van der Waals surface area contributed by atoms with Crippen LogP contribution in [0, 0.1) is 0 Å². The van der Waals surface area contributed by atoms with Gasteiger partial charge in [0.15, 0.2) is 0 Å². The van der Waals surface area contributed by atoms with Crippen molar-refractivity contribution in [3.63, 3.8) is 0 Å². The Morgan fingerprint density at radius 2 is 2.19 bits per heavy atom. The number of amides is 1. The van der Waals surface area contributed by atoms with E-state index in [0.717, 1.165) is 0 Å². The Labute approximate surface area is 108 Å². The Morgan fingerprint density at radius 1 is 1.56 bits per heavy atom. The number of carbonyl (C=O) groups excluding carboxylic acids is 1. The largest absolute Gasteiger partial charge is 0.389 e. The number of aliphatic hydroxyl groups is 1. The van der Waals surface area contributed by atoms with Gasteiger partial charge in [-0.2, -0.15) is 0 Å². The van der Waals surface area contributed by atoms with E-state index in [1.54, 1.807) is 32.0 Å². The second-order valence-electron chi connectivity index (χ2n) is 4.12. The summed E-state index contributed by atoms with van der Waals surface area (Å²) >= 11 is 9.03. The Bertz CT molecular complexity index is 401. The molecule has 0 bridgehead atoms. The molecule has 1 aromatic rings. The lowest BCUT2D eigenvalue weighted by molar-refractivity contribution is 0.0694. The highest BCUT2D eigenvalue weighted by molar-refractivity contribution is 9.10. The third-order valence-corrected chi connectivity index (χ3v) is 2.75. The molecule has 88 valence electrons. The molecule has 0 aliphatic carbocycles. The standard InChI is InChI=1S/C11H13BrClNO2/c1-11(2,16)6-14-10(15)8-4-3-7(13)5-9(8)12/h3-5,16H,6H2,1-2H3,(H,14,15). The number of nitrogens with one attached hydrogen (secondary N) is 1. The van der Waals surface area contributed by atoms with Crippen LogP contribution >= 0.6 is 27.5 Å². The molecular formula is C11H13BrClNO2. The van der Waals surface area contributed by atoms with Gasteiger partial charge in [0.25, 0.3) is 5.91 Å². The highest BCUT2D eigenvalue weighted by Crippen LogP contribution is 2.21. The van der Waals surface area contributed by atoms with Crippen molar-refractivity contribution in [3.8, 4) is 0 Å². The molecule has 0 heterocycles. The van der Waals surface area contributed by atoms with Gasteiger partial charge in [0.2, 0.25) is 0 Å². The zero-order valence-corrected chi connectivity index (χ0v) is 11.4. The average Bonchev–Trinajstić information content (AvgIpc) is 2.13. The lowest BCUT2D eigenvalue weighted by Crippen LogP contribution is -2.38. The summed E-state index contributed by atoms with van der Waals surface area (Å²) in [7, 11) is 0. The van der Waals surface area contributed by atoms with Gasteiger partial charge in [-0.15, -0.1) is 0 Å². The van der Waals surface area contributed by atoms with Crippen LogP contribution in [0.5, 0.6) is 0 Å². The van der Waals surface area contributed by atoms with E-state index < -0.39 is 5.60 Å². The third kappa shape index (κ3) is 4.12. The average molecular weight is 307 g/mol. The van der Waals surface area contributed by atoms with Gasteiger partial charge in [0.1, 0.15) is 0 Å². The number of hydrogen-bond donors (Lipinski definition) is 2. The van der Waals surface area contributed by atoms with E-state index >= 15 is 0 Å². The number of rotatable bonds is 3. The maximum absolute atomic E-state index is 11.7. The monoisotopic (exact) mass is 305 g/mol. The van der Waals surface area contributed by atoms with Gasteiger partial charge in [-0.25, -0.2) is 0 Å². The molecule has 2 N–H and O–H groups in total. The Balaban J connectivity index is 2.74. The molecule has 0 atom stereocenters. The lowest BCUT2D eigenvalue weighted by Gasteiger charge is -2.17. The summed E-state index contributed by atoms with van der Waals surface area (Å²) < 4.78 is 0.633. The topological polar surface area (TPSA) is 49.3 Å². The van der Waals surface area contributed by atoms with E-state index in [1.807, 2.05) is 0 Å². The summed E-state index contributed by atoms with van der Waals surface area (Å²) in [6.45, 7) is 3.45. The number of hydrogen-bond acceptors (Lipinski definition) is 2. The van der Waals surface area contributed by atoms with Crippen molar-refractivity contribution >= 4 is 33.4 Å². The van der Waals surface area contributed by atoms with Gasteiger partial charge in [-0.3, -0.25) is 4.79 Å². The molecule has 0 saturated carbocycles. The van der Waals surface area contributed by atoms with Gasteiger partial charge in [-0.05, 0) is 48.0 Å². The zero-order chi connectivity index (χ0) is 12.3. The maximum Gasteiger partial charge on any atom is 0.252 e.